The van der Waals surface area contributed by atoms with Gasteiger partial charge in [0.05, 0.1) is 17.4 Å². The maximum atomic E-state index is 13.4. The number of hydrogen-bond donors (Lipinski definition) is 2. The highest BCUT2D eigenvalue weighted by Crippen LogP contribution is 2.23. The van der Waals surface area contributed by atoms with Gasteiger partial charge in [-0.25, -0.2) is 13.2 Å². The van der Waals surface area contributed by atoms with Crippen LogP contribution in [0, 0.1) is 17.5 Å². The summed E-state index contributed by atoms with van der Waals surface area (Å²) >= 11 is 0. The Labute approximate surface area is 95.7 Å². The minimum atomic E-state index is -1.48. The van der Waals surface area contributed by atoms with E-state index in [1.54, 1.807) is 19.2 Å². The van der Waals surface area contributed by atoms with Gasteiger partial charge >= 0.3 is 0 Å². The van der Waals surface area contributed by atoms with Crippen molar-refractivity contribution >= 4 is 5.69 Å². The molecular weight excluding hydrogens is 231 g/mol. The van der Waals surface area contributed by atoms with Gasteiger partial charge in [-0.2, -0.15) is 5.10 Å². The summed E-state index contributed by atoms with van der Waals surface area (Å²) in [5, 5.41) is 9.17. The average Bonchev–Trinajstić information content (AvgIpc) is 2.83. The van der Waals surface area contributed by atoms with E-state index >= 15 is 0 Å². The minimum Gasteiger partial charge on any atom is -0.375 e. The number of nitrogens with one attached hydrogen (secondary N) is 2. The van der Waals surface area contributed by atoms with Gasteiger partial charge in [0.25, 0.3) is 0 Å². The third-order valence-corrected chi connectivity index (χ3v) is 2.40. The first kappa shape index (κ1) is 11.5. The molecule has 0 spiro atoms. The Balaban J connectivity index is 2.22. The largest absolute Gasteiger partial charge is 0.375 e. The molecule has 0 radical (unpaired) electrons. The van der Waals surface area contributed by atoms with Crippen molar-refractivity contribution in [2.24, 2.45) is 0 Å². The summed E-state index contributed by atoms with van der Waals surface area (Å²) in [6.45, 7) is 1.74. The Morgan fingerprint density at radius 1 is 1.18 bits per heavy atom. The molecule has 2 N–H and O–H groups in total. The van der Waals surface area contributed by atoms with Crippen molar-refractivity contribution in [3.05, 3.63) is 47.5 Å². The highest BCUT2D eigenvalue weighted by atomic mass is 19.2. The Bertz CT molecular complexity index is 511. The van der Waals surface area contributed by atoms with Crippen molar-refractivity contribution in [2.45, 2.75) is 13.0 Å². The molecule has 0 aliphatic heterocycles. The number of aromatic amines is 1. The van der Waals surface area contributed by atoms with Gasteiger partial charge in [0.2, 0.25) is 0 Å². The topological polar surface area (TPSA) is 40.7 Å². The molecule has 0 saturated carbocycles. The summed E-state index contributed by atoms with van der Waals surface area (Å²) in [4.78, 5) is 0. The molecule has 0 aliphatic carbocycles. The van der Waals surface area contributed by atoms with Gasteiger partial charge in [-0.05, 0) is 25.1 Å². The number of rotatable bonds is 3. The van der Waals surface area contributed by atoms with Crippen molar-refractivity contribution in [2.75, 3.05) is 5.32 Å². The first-order valence-corrected chi connectivity index (χ1v) is 4.99. The lowest BCUT2D eigenvalue weighted by Gasteiger charge is -2.14. The van der Waals surface area contributed by atoms with E-state index in [4.69, 9.17) is 0 Å². The van der Waals surface area contributed by atoms with Crippen LogP contribution < -0.4 is 5.32 Å². The van der Waals surface area contributed by atoms with Crippen molar-refractivity contribution < 1.29 is 13.2 Å². The van der Waals surface area contributed by atoms with Gasteiger partial charge in [0.15, 0.2) is 17.5 Å². The first-order valence-electron chi connectivity index (χ1n) is 4.99. The van der Waals surface area contributed by atoms with Crippen LogP contribution in [0.1, 0.15) is 18.7 Å². The molecule has 1 heterocycles. The molecule has 1 aromatic carbocycles. The van der Waals surface area contributed by atoms with Crippen molar-refractivity contribution in [1.29, 1.82) is 0 Å². The second-order valence-corrected chi connectivity index (χ2v) is 3.60. The number of anilines is 1. The number of benzene rings is 1. The van der Waals surface area contributed by atoms with E-state index in [2.05, 4.69) is 15.5 Å². The number of halogens is 3. The predicted molar refractivity (Wildman–Crippen MR) is 56.9 cm³/mol. The van der Waals surface area contributed by atoms with E-state index in [9.17, 15) is 13.2 Å². The Morgan fingerprint density at radius 2 is 1.94 bits per heavy atom. The minimum absolute atomic E-state index is 0.0917. The van der Waals surface area contributed by atoms with E-state index in [0.29, 0.717) is 5.69 Å². The molecule has 2 aromatic rings. The Hall–Kier alpha value is -1.98. The molecule has 3 nitrogen and oxygen atoms in total. The number of hydrogen-bond acceptors (Lipinski definition) is 2. The van der Waals surface area contributed by atoms with Crippen LogP contribution in [0.2, 0.25) is 0 Å². The molecule has 90 valence electrons. The summed E-state index contributed by atoms with van der Waals surface area (Å²) in [6.07, 6.45) is 1.55. The van der Waals surface area contributed by atoms with Crippen molar-refractivity contribution in [3.8, 4) is 0 Å². The third kappa shape index (κ3) is 2.25. The number of nitrogens with zero attached hydrogens (tertiary/aromatic N) is 1. The molecular formula is C11H10F3N3. The molecule has 0 amide bonds. The lowest BCUT2D eigenvalue weighted by Crippen LogP contribution is -2.09. The Kier molecular flexibility index (Phi) is 3.03. The SMILES string of the molecule is CC(Nc1ccc(F)c(F)c1F)c1ccn[nH]1. The average molecular weight is 241 g/mol. The fourth-order valence-electron chi connectivity index (χ4n) is 1.46. The zero-order valence-electron chi connectivity index (χ0n) is 8.97. The van der Waals surface area contributed by atoms with E-state index < -0.39 is 17.5 Å². The van der Waals surface area contributed by atoms with Gasteiger partial charge in [-0.3, -0.25) is 5.10 Å². The Morgan fingerprint density at radius 3 is 2.59 bits per heavy atom. The zero-order valence-corrected chi connectivity index (χ0v) is 8.97. The van der Waals surface area contributed by atoms with Gasteiger partial charge in [-0.1, -0.05) is 0 Å². The molecule has 6 heteroatoms. The van der Waals surface area contributed by atoms with Gasteiger partial charge < -0.3 is 5.32 Å². The van der Waals surface area contributed by atoms with Crippen molar-refractivity contribution in [1.82, 2.24) is 10.2 Å². The highest BCUT2D eigenvalue weighted by Gasteiger charge is 2.15. The van der Waals surface area contributed by atoms with Crippen molar-refractivity contribution in [3.63, 3.8) is 0 Å². The molecule has 0 saturated heterocycles. The lowest BCUT2D eigenvalue weighted by atomic mass is 10.2. The van der Waals surface area contributed by atoms with Crippen LogP contribution in [0.5, 0.6) is 0 Å². The number of aromatic nitrogens is 2. The molecule has 1 unspecified atom stereocenters. The molecule has 0 aliphatic rings. The summed E-state index contributed by atoms with van der Waals surface area (Å²) in [5.41, 5.74) is 0.625. The van der Waals surface area contributed by atoms with Crippen LogP contribution in [0.15, 0.2) is 24.4 Å². The number of H-pyrrole nitrogens is 1. The second kappa shape index (κ2) is 4.48. The fraction of sp³-hybridized carbons (Fsp3) is 0.182. The summed E-state index contributed by atoms with van der Waals surface area (Å²) in [7, 11) is 0. The molecule has 0 bridgehead atoms. The van der Waals surface area contributed by atoms with Crippen LogP contribution in [0.25, 0.3) is 0 Å². The smallest absolute Gasteiger partial charge is 0.196 e. The summed E-state index contributed by atoms with van der Waals surface area (Å²) in [6, 6.07) is 3.44. The molecule has 1 aromatic heterocycles. The summed E-state index contributed by atoms with van der Waals surface area (Å²) in [5.74, 6) is -3.91. The second-order valence-electron chi connectivity index (χ2n) is 3.60. The third-order valence-electron chi connectivity index (χ3n) is 2.40. The van der Waals surface area contributed by atoms with Gasteiger partial charge in [0, 0.05) is 6.20 Å². The predicted octanol–water partition coefficient (Wildman–Crippen LogP) is 3.00. The van der Waals surface area contributed by atoms with E-state index in [-0.39, 0.29) is 11.7 Å². The maximum absolute atomic E-state index is 13.4. The molecule has 1 atom stereocenters. The highest BCUT2D eigenvalue weighted by molar-refractivity contribution is 5.46. The summed E-state index contributed by atoms with van der Waals surface area (Å²) < 4.78 is 39.0. The van der Waals surface area contributed by atoms with Gasteiger partial charge in [-0.15, -0.1) is 0 Å². The van der Waals surface area contributed by atoms with E-state index in [0.717, 1.165) is 12.1 Å². The standard InChI is InChI=1S/C11H10F3N3/c1-6(8-4-5-15-17-8)16-9-3-2-7(12)10(13)11(9)14/h2-6,16H,1H3,(H,15,17). The van der Waals surface area contributed by atoms with Crippen LogP contribution in [0.3, 0.4) is 0 Å². The normalized spacial score (nSPS) is 12.5. The monoisotopic (exact) mass is 241 g/mol. The van der Waals surface area contributed by atoms with E-state index in [1.807, 2.05) is 0 Å². The maximum Gasteiger partial charge on any atom is 0.196 e. The lowest BCUT2D eigenvalue weighted by molar-refractivity contribution is 0.448. The van der Waals surface area contributed by atoms with E-state index in [1.165, 1.54) is 0 Å². The fourth-order valence-corrected chi connectivity index (χ4v) is 1.46. The van der Waals surface area contributed by atoms with Crippen LogP contribution in [-0.4, -0.2) is 10.2 Å². The molecule has 2 rings (SSSR count). The van der Waals surface area contributed by atoms with Crippen LogP contribution in [0.4, 0.5) is 18.9 Å². The van der Waals surface area contributed by atoms with Gasteiger partial charge in [0.1, 0.15) is 0 Å². The van der Waals surface area contributed by atoms with Crippen LogP contribution >= 0.6 is 0 Å². The molecule has 17 heavy (non-hydrogen) atoms. The van der Waals surface area contributed by atoms with Crippen LogP contribution in [-0.2, 0) is 0 Å². The zero-order chi connectivity index (χ0) is 12.4. The first-order chi connectivity index (χ1) is 8.09. The quantitative estimate of drug-likeness (QED) is 0.811. The molecule has 0 fully saturated rings.